The summed E-state index contributed by atoms with van der Waals surface area (Å²) < 4.78 is 11.1. The average molecular weight is 419 g/mol. The first-order valence-corrected chi connectivity index (χ1v) is 9.47. The molecule has 1 heterocycles. The number of thioether (sulfide) groups is 1. The van der Waals surface area contributed by atoms with E-state index in [9.17, 15) is 4.79 Å². The van der Waals surface area contributed by atoms with Crippen LogP contribution in [-0.4, -0.2) is 24.4 Å². The predicted molar refractivity (Wildman–Crippen MR) is 103 cm³/mol. The number of ether oxygens (including phenoxy) is 2. The van der Waals surface area contributed by atoms with Gasteiger partial charge in [0, 0.05) is 4.90 Å². The number of hydrogen-bond donors (Lipinski definition) is 1. The van der Waals surface area contributed by atoms with Crippen molar-refractivity contribution in [3.63, 3.8) is 0 Å². The van der Waals surface area contributed by atoms with E-state index in [1.807, 2.05) is 25.1 Å². The van der Waals surface area contributed by atoms with Gasteiger partial charge in [0.2, 0.25) is 5.91 Å². The molecule has 25 heavy (non-hydrogen) atoms. The van der Waals surface area contributed by atoms with Crippen LogP contribution in [0.3, 0.4) is 0 Å². The van der Waals surface area contributed by atoms with E-state index < -0.39 is 0 Å². The van der Waals surface area contributed by atoms with E-state index in [1.165, 1.54) is 23.9 Å². The van der Waals surface area contributed by atoms with Crippen LogP contribution < -0.4 is 14.8 Å². The molecule has 0 fully saturated rings. The number of hydrogen-bond acceptors (Lipinski definition) is 4. The van der Waals surface area contributed by atoms with E-state index in [0.29, 0.717) is 39.7 Å². The summed E-state index contributed by atoms with van der Waals surface area (Å²) in [6, 6.07) is 8.64. The zero-order chi connectivity index (χ0) is 18.0. The van der Waals surface area contributed by atoms with Gasteiger partial charge in [-0.1, -0.05) is 34.8 Å². The summed E-state index contributed by atoms with van der Waals surface area (Å²) in [5.74, 6) is 1.21. The second-order valence-electron chi connectivity index (χ2n) is 5.30. The number of amides is 1. The van der Waals surface area contributed by atoms with Crippen LogP contribution in [0.2, 0.25) is 15.1 Å². The SMILES string of the molecule is C[C@@H](Sc1ccc2c(c1)OCCO2)C(=O)Nc1cc(Cl)c(Cl)cc1Cl. The van der Waals surface area contributed by atoms with Crippen LogP contribution in [0.15, 0.2) is 35.2 Å². The van der Waals surface area contributed by atoms with E-state index >= 15 is 0 Å². The smallest absolute Gasteiger partial charge is 0.237 e. The quantitative estimate of drug-likeness (QED) is 0.523. The third-order valence-corrected chi connectivity index (χ3v) is 5.59. The Morgan fingerprint density at radius 1 is 1.04 bits per heavy atom. The molecule has 3 rings (SSSR count). The largest absolute Gasteiger partial charge is 0.486 e. The van der Waals surface area contributed by atoms with Crippen LogP contribution in [0.1, 0.15) is 6.92 Å². The van der Waals surface area contributed by atoms with Gasteiger partial charge >= 0.3 is 0 Å². The number of anilines is 1. The van der Waals surface area contributed by atoms with Crippen LogP contribution in [-0.2, 0) is 4.79 Å². The molecule has 0 aromatic heterocycles. The molecule has 2 aromatic rings. The van der Waals surface area contributed by atoms with Gasteiger partial charge in [-0.05, 0) is 37.3 Å². The van der Waals surface area contributed by atoms with Gasteiger partial charge in [0.1, 0.15) is 13.2 Å². The first-order valence-electron chi connectivity index (χ1n) is 7.46. The standard InChI is InChI=1S/C17H14Cl3NO3S/c1-9(17(22)21-14-8-12(19)11(18)7-13(14)20)25-10-2-3-15-16(6-10)24-5-4-23-15/h2-3,6-9H,4-5H2,1H3,(H,21,22)/t9-/m1/s1. The summed E-state index contributed by atoms with van der Waals surface area (Å²) in [4.78, 5) is 13.3. The molecular formula is C17H14Cl3NO3S. The van der Waals surface area contributed by atoms with E-state index in [1.54, 1.807) is 0 Å². The molecule has 0 aliphatic carbocycles. The van der Waals surface area contributed by atoms with Gasteiger partial charge < -0.3 is 14.8 Å². The molecule has 0 radical (unpaired) electrons. The maximum atomic E-state index is 12.4. The summed E-state index contributed by atoms with van der Waals surface area (Å²) in [6.45, 7) is 2.87. The Hall–Kier alpha value is -1.27. The lowest BCUT2D eigenvalue weighted by Crippen LogP contribution is -2.22. The van der Waals surface area contributed by atoms with Crippen molar-refractivity contribution in [3.8, 4) is 11.5 Å². The van der Waals surface area contributed by atoms with E-state index in [0.717, 1.165) is 10.6 Å². The normalized spacial score (nSPS) is 14.1. The highest BCUT2D eigenvalue weighted by molar-refractivity contribution is 8.00. The molecule has 8 heteroatoms. The lowest BCUT2D eigenvalue weighted by Gasteiger charge is -2.19. The van der Waals surface area contributed by atoms with Crippen molar-refractivity contribution in [3.05, 3.63) is 45.4 Å². The average Bonchev–Trinajstić information content (AvgIpc) is 2.59. The lowest BCUT2D eigenvalue weighted by atomic mass is 10.3. The molecule has 1 atom stereocenters. The molecule has 0 spiro atoms. The number of fused-ring (bicyclic) bond motifs is 1. The maximum absolute atomic E-state index is 12.4. The minimum absolute atomic E-state index is 0.194. The highest BCUT2D eigenvalue weighted by atomic mass is 35.5. The molecule has 4 nitrogen and oxygen atoms in total. The third-order valence-electron chi connectivity index (χ3n) is 3.46. The predicted octanol–water partition coefficient (Wildman–Crippen LogP) is 5.54. The Balaban J connectivity index is 1.68. The van der Waals surface area contributed by atoms with Gasteiger partial charge in [0.05, 0.1) is 26.0 Å². The second-order valence-corrected chi connectivity index (χ2v) is 7.94. The second kappa shape index (κ2) is 7.96. The molecule has 1 aliphatic heterocycles. The molecule has 1 amide bonds. The van der Waals surface area contributed by atoms with Crippen LogP contribution in [0.25, 0.3) is 0 Å². The van der Waals surface area contributed by atoms with Crippen molar-refractivity contribution in [2.24, 2.45) is 0 Å². The van der Waals surface area contributed by atoms with Gasteiger partial charge in [0.25, 0.3) is 0 Å². The van der Waals surface area contributed by atoms with Crippen molar-refractivity contribution in [2.75, 3.05) is 18.5 Å². The van der Waals surface area contributed by atoms with Gasteiger partial charge in [-0.25, -0.2) is 0 Å². The summed E-state index contributed by atoms with van der Waals surface area (Å²) in [7, 11) is 0. The topological polar surface area (TPSA) is 47.6 Å². The fraction of sp³-hybridized carbons (Fsp3) is 0.235. The van der Waals surface area contributed by atoms with Crippen molar-refractivity contribution in [2.45, 2.75) is 17.1 Å². The lowest BCUT2D eigenvalue weighted by molar-refractivity contribution is -0.115. The molecule has 0 unspecified atom stereocenters. The minimum Gasteiger partial charge on any atom is -0.486 e. The Morgan fingerprint density at radius 2 is 1.72 bits per heavy atom. The highest BCUT2D eigenvalue weighted by Gasteiger charge is 2.19. The van der Waals surface area contributed by atoms with Gasteiger partial charge in [-0.15, -0.1) is 11.8 Å². The Kier molecular flexibility index (Phi) is 5.89. The summed E-state index contributed by atoms with van der Waals surface area (Å²) in [5.41, 5.74) is 0.427. The summed E-state index contributed by atoms with van der Waals surface area (Å²) >= 11 is 19.4. The number of nitrogens with one attached hydrogen (secondary N) is 1. The molecule has 132 valence electrons. The van der Waals surface area contributed by atoms with Crippen molar-refractivity contribution < 1.29 is 14.3 Å². The van der Waals surface area contributed by atoms with Crippen LogP contribution in [0.4, 0.5) is 5.69 Å². The van der Waals surface area contributed by atoms with Crippen LogP contribution in [0.5, 0.6) is 11.5 Å². The number of halogens is 3. The van der Waals surface area contributed by atoms with Crippen LogP contribution >= 0.6 is 46.6 Å². The molecule has 0 bridgehead atoms. The van der Waals surface area contributed by atoms with Gasteiger partial charge in [0.15, 0.2) is 11.5 Å². The highest BCUT2D eigenvalue weighted by Crippen LogP contribution is 2.36. The van der Waals surface area contributed by atoms with E-state index in [-0.39, 0.29) is 11.2 Å². The van der Waals surface area contributed by atoms with Crippen molar-refractivity contribution >= 4 is 58.2 Å². The number of carbonyl (C=O) groups is 1. The minimum atomic E-state index is -0.354. The van der Waals surface area contributed by atoms with Crippen LogP contribution in [0, 0.1) is 0 Å². The zero-order valence-corrected chi connectivity index (χ0v) is 16.2. The molecule has 1 aliphatic rings. The van der Waals surface area contributed by atoms with Gasteiger partial charge in [-0.3, -0.25) is 4.79 Å². The number of carbonyl (C=O) groups excluding carboxylic acids is 1. The summed E-state index contributed by atoms with van der Waals surface area (Å²) in [5, 5.41) is 3.41. The summed E-state index contributed by atoms with van der Waals surface area (Å²) in [6.07, 6.45) is 0. The van der Waals surface area contributed by atoms with Crippen molar-refractivity contribution in [1.82, 2.24) is 0 Å². The maximum Gasteiger partial charge on any atom is 0.237 e. The molecular weight excluding hydrogens is 405 g/mol. The van der Waals surface area contributed by atoms with E-state index in [2.05, 4.69) is 5.32 Å². The first kappa shape index (κ1) is 18.5. The fourth-order valence-electron chi connectivity index (χ4n) is 2.21. The van der Waals surface area contributed by atoms with Gasteiger partial charge in [-0.2, -0.15) is 0 Å². The number of rotatable bonds is 4. The molecule has 2 aromatic carbocycles. The molecule has 0 saturated carbocycles. The van der Waals surface area contributed by atoms with E-state index in [4.69, 9.17) is 44.3 Å². The molecule has 1 N–H and O–H groups in total. The monoisotopic (exact) mass is 417 g/mol. The fourth-order valence-corrected chi connectivity index (χ4v) is 3.70. The molecule has 0 saturated heterocycles. The Bertz CT molecular complexity index is 816. The number of benzene rings is 2. The Labute approximate surface area is 164 Å². The Morgan fingerprint density at radius 3 is 2.48 bits per heavy atom. The van der Waals surface area contributed by atoms with Crippen molar-refractivity contribution in [1.29, 1.82) is 0 Å². The zero-order valence-electron chi connectivity index (χ0n) is 13.1. The first-order chi connectivity index (χ1) is 11.9. The third kappa shape index (κ3) is 4.47.